The zero-order valence-corrected chi connectivity index (χ0v) is 41.1. The van der Waals surface area contributed by atoms with Gasteiger partial charge in [0, 0.05) is 19.3 Å². The molecule has 0 radical (unpaired) electrons. The van der Waals surface area contributed by atoms with E-state index >= 15 is 0 Å². The molecule has 6 nitrogen and oxygen atoms in total. The van der Waals surface area contributed by atoms with E-state index in [1.807, 2.05) is 60.8 Å². The lowest BCUT2D eigenvalue weighted by Crippen LogP contribution is -2.30. The van der Waals surface area contributed by atoms with Crippen LogP contribution in [-0.2, 0) is 28.6 Å². The van der Waals surface area contributed by atoms with Gasteiger partial charge in [0.25, 0.3) is 0 Å². The van der Waals surface area contributed by atoms with Gasteiger partial charge in [0.15, 0.2) is 6.10 Å². The Kier molecular flexibility index (Phi) is 48.5. The van der Waals surface area contributed by atoms with Crippen molar-refractivity contribution >= 4 is 17.9 Å². The fourth-order valence-corrected chi connectivity index (χ4v) is 7.12. The molecule has 360 valence electrons. The largest absolute Gasteiger partial charge is 0.462 e. The summed E-state index contributed by atoms with van der Waals surface area (Å²) in [6, 6.07) is 0. The van der Waals surface area contributed by atoms with Crippen molar-refractivity contribution in [2.45, 2.75) is 245 Å². The first kappa shape index (κ1) is 59.6. The second-order valence-corrected chi connectivity index (χ2v) is 17.2. The van der Waals surface area contributed by atoms with Gasteiger partial charge in [-0.15, -0.1) is 0 Å². The molecule has 0 rings (SSSR count). The number of hydrogen-bond acceptors (Lipinski definition) is 6. The van der Waals surface area contributed by atoms with Gasteiger partial charge in [0.1, 0.15) is 13.2 Å². The number of rotatable bonds is 46. The summed E-state index contributed by atoms with van der Waals surface area (Å²) in [6.45, 7) is 6.43. The molecule has 0 saturated heterocycles. The van der Waals surface area contributed by atoms with Crippen molar-refractivity contribution in [1.82, 2.24) is 0 Å². The monoisotopic (exact) mass is 877 g/mol. The van der Waals surface area contributed by atoms with E-state index in [2.05, 4.69) is 45.1 Å². The summed E-state index contributed by atoms with van der Waals surface area (Å²) in [6.07, 6.45) is 65.7. The van der Waals surface area contributed by atoms with Gasteiger partial charge >= 0.3 is 17.9 Å². The quantitative estimate of drug-likeness (QED) is 0.0199. The second-order valence-electron chi connectivity index (χ2n) is 17.2. The van der Waals surface area contributed by atoms with Crippen LogP contribution in [-0.4, -0.2) is 37.2 Å². The molecule has 0 N–H and O–H groups in total. The van der Waals surface area contributed by atoms with Crippen molar-refractivity contribution < 1.29 is 28.6 Å². The summed E-state index contributed by atoms with van der Waals surface area (Å²) >= 11 is 0. The van der Waals surface area contributed by atoms with Crippen LogP contribution in [0.5, 0.6) is 0 Å². The van der Waals surface area contributed by atoms with Gasteiger partial charge in [-0.1, -0.05) is 241 Å². The van der Waals surface area contributed by atoms with E-state index in [4.69, 9.17) is 14.2 Å². The van der Waals surface area contributed by atoms with E-state index in [0.717, 1.165) is 64.2 Å². The van der Waals surface area contributed by atoms with Crippen molar-refractivity contribution in [2.75, 3.05) is 13.2 Å². The molecule has 1 unspecified atom stereocenters. The average Bonchev–Trinajstić information content (AvgIpc) is 3.28. The molecule has 0 amide bonds. The predicted molar refractivity (Wildman–Crippen MR) is 270 cm³/mol. The Labute approximate surface area is 388 Å². The zero-order valence-electron chi connectivity index (χ0n) is 41.1. The van der Waals surface area contributed by atoms with E-state index in [9.17, 15) is 14.4 Å². The summed E-state index contributed by atoms with van der Waals surface area (Å²) in [5.74, 6) is -0.946. The van der Waals surface area contributed by atoms with Gasteiger partial charge in [-0.3, -0.25) is 14.4 Å². The first-order valence-corrected chi connectivity index (χ1v) is 26.2. The molecule has 0 fully saturated rings. The maximum absolute atomic E-state index is 12.8. The predicted octanol–water partition coefficient (Wildman–Crippen LogP) is 17.2. The lowest BCUT2D eigenvalue weighted by Gasteiger charge is -2.18. The van der Waals surface area contributed by atoms with Crippen LogP contribution in [0.15, 0.2) is 85.1 Å². The second kappa shape index (κ2) is 51.2. The van der Waals surface area contributed by atoms with Crippen LogP contribution in [0.3, 0.4) is 0 Å². The van der Waals surface area contributed by atoms with E-state index < -0.39 is 6.10 Å². The molecule has 0 spiro atoms. The van der Waals surface area contributed by atoms with Crippen LogP contribution in [0, 0.1) is 0 Å². The Balaban J connectivity index is 4.40. The highest BCUT2D eigenvalue weighted by Crippen LogP contribution is 2.14. The summed E-state index contributed by atoms with van der Waals surface area (Å²) in [7, 11) is 0. The first-order chi connectivity index (χ1) is 31.0. The van der Waals surface area contributed by atoms with Gasteiger partial charge in [-0.05, 0) is 64.2 Å². The molecule has 1 atom stereocenters. The summed E-state index contributed by atoms with van der Waals surface area (Å²) in [4.78, 5) is 37.9. The highest BCUT2D eigenvalue weighted by molar-refractivity contribution is 5.71. The third-order valence-corrected chi connectivity index (χ3v) is 11.0. The van der Waals surface area contributed by atoms with Crippen LogP contribution in [0.25, 0.3) is 0 Å². The number of esters is 3. The molecular formula is C57H96O6. The highest BCUT2D eigenvalue weighted by Gasteiger charge is 2.19. The molecule has 0 heterocycles. The topological polar surface area (TPSA) is 78.9 Å². The van der Waals surface area contributed by atoms with Gasteiger partial charge in [0.05, 0.1) is 0 Å². The van der Waals surface area contributed by atoms with E-state index in [1.165, 1.54) is 128 Å². The number of hydrogen-bond donors (Lipinski definition) is 0. The standard InChI is InChI=1S/C57H96O6/c1-4-7-10-13-16-19-21-23-25-27-28-30-31-33-35-38-41-44-47-50-56(59)62-53-54(52-61-55(58)49-46-43-40-37-18-15-12-9-6-3)63-57(60)51-48-45-42-39-36-34-32-29-26-24-22-20-17-14-11-8-5-2/h8,11,14,17,20,22,24,26-29,32,34,36,54H,4-7,9-10,12-13,15-16,18-19,21,23,25,30-31,33,35,37-53H2,1-3H3/b11-8-,17-14-,22-20-,26-24-,28-27-,32-29+,36-34-. The van der Waals surface area contributed by atoms with Crippen molar-refractivity contribution in [3.63, 3.8) is 0 Å². The molecule has 0 saturated carbocycles. The van der Waals surface area contributed by atoms with Crippen LogP contribution < -0.4 is 0 Å². The smallest absolute Gasteiger partial charge is 0.306 e. The van der Waals surface area contributed by atoms with Gasteiger partial charge in [0.2, 0.25) is 0 Å². The molecule has 0 aliphatic rings. The molecule has 0 aromatic rings. The fourth-order valence-electron chi connectivity index (χ4n) is 7.12. The van der Waals surface area contributed by atoms with Crippen LogP contribution >= 0.6 is 0 Å². The lowest BCUT2D eigenvalue weighted by molar-refractivity contribution is -0.167. The fraction of sp³-hybridized carbons (Fsp3) is 0.702. The Morgan fingerprint density at radius 3 is 1.03 bits per heavy atom. The molecule has 63 heavy (non-hydrogen) atoms. The first-order valence-electron chi connectivity index (χ1n) is 26.2. The highest BCUT2D eigenvalue weighted by atomic mass is 16.6. The molecule has 0 aromatic heterocycles. The normalized spacial score (nSPS) is 12.7. The third-order valence-electron chi connectivity index (χ3n) is 11.0. The minimum absolute atomic E-state index is 0.0954. The van der Waals surface area contributed by atoms with E-state index in [1.54, 1.807) is 0 Å². The SMILES string of the molecule is CC\C=C/C=C\C=C/C=C\C=C\C=C/CCCCCC(=O)OC(COC(=O)CCCCCCCCC/C=C\CCCCCCCCCC)COC(=O)CCCCCCCCCCC. The zero-order chi connectivity index (χ0) is 45.8. The molecule has 6 heteroatoms. The van der Waals surface area contributed by atoms with Crippen molar-refractivity contribution in [3.05, 3.63) is 85.1 Å². The average molecular weight is 877 g/mol. The third kappa shape index (κ3) is 49.5. The van der Waals surface area contributed by atoms with E-state index in [-0.39, 0.29) is 37.5 Å². The molecular weight excluding hydrogens is 781 g/mol. The Morgan fingerprint density at radius 1 is 0.333 bits per heavy atom. The number of ether oxygens (including phenoxy) is 3. The van der Waals surface area contributed by atoms with Crippen molar-refractivity contribution in [2.24, 2.45) is 0 Å². The minimum Gasteiger partial charge on any atom is -0.462 e. The van der Waals surface area contributed by atoms with E-state index in [0.29, 0.717) is 19.3 Å². The maximum Gasteiger partial charge on any atom is 0.306 e. The Bertz CT molecular complexity index is 1240. The van der Waals surface area contributed by atoms with Crippen LogP contribution in [0.2, 0.25) is 0 Å². The minimum atomic E-state index is -0.799. The Hall–Kier alpha value is -3.41. The molecule has 0 aromatic carbocycles. The number of carbonyl (C=O) groups excluding carboxylic acids is 3. The molecule has 0 aliphatic heterocycles. The summed E-state index contributed by atoms with van der Waals surface area (Å²) in [5.41, 5.74) is 0. The van der Waals surface area contributed by atoms with Gasteiger partial charge < -0.3 is 14.2 Å². The molecule has 0 aliphatic carbocycles. The van der Waals surface area contributed by atoms with Crippen LogP contribution in [0.4, 0.5) is 0 Å². The van der Waals surface area contributed by atoms with Crippen molar-refractivity contribution in [1.29, 1.82) is 0 Å². The number of allylic oxidation sites excluding steroid dienone is 14. The van der Waals surface area contributed by atoms with Crippen LogP contribution in [0.1, 0.15) is 239 Å². The Morgan fingerprint density at radius 2 is 0.635 bits per heavy atom. The maximum atomic E-state index is 12.8. The van der Waals surface area contributed by atoms with Gasteiger partial charge in [-0.2, -0.15) is 0 Å². The van der Waals surface area contributed by atoms with Crippen molar-refractivity contribution in [3.8, 4) is 0 Å². The number of carbonyl (C=O) groups is 3. The number of unbranched alkanes of at least 4 members (excludes halogenated alkanes) is 26. The summed E-state index contributed by atoms with van der Waals surface area (Å²) < 4.78 is 16.7. The summed E-state index contributed by atoms with van der Waals surface area (Å²) in [5, 5.41) is 0. The molecule has 0 bridgehead atoms. The van der Waals surface area contributed by atoms with Gasteiger partial charge in [-0.25, -0.2) is 0 Å². The lowest BCUT2D eigenvalue weighted by atomic mass is 10.1.